The Morgan fingerprint density at radius 2 is 0.783 bits per heavy atom. The minimum Gasteiger partial charge on any atom is -0.351 e. The fourth-order valence-corrected chi connectivity index (χ4v) is 33.9. The van der Waals surface area contributed by atoms with E-state index >= 15 is 0 Å². The van der Waals surface area contributed by atoms with Crippen LogP contribution < -0.4 is 0 Å². The first kappa shape index (κ1) is 22.1. The maximum absolute atomic E-state index is 14.0. The molecule has 0 amide bonds. The van der Waals surface area contributed by atoms with Gasteiger partial charge in [0.25, 0.3) is 0 Å². The third-order valence-corrected chi connectivity index (χ3v) is 32.8. The minimum absolute atomic E-state index is 0.596. The molecule has 0 aromatic heterocycles. The van der Waals surface area contributed by atoms with Crippen molar-refractivity contribution in [2.75, 3.05) is 0 Å². The fraction of sp³-hybridized carbons (Fsp3) is 0.333. The van der Waals surface area contributed by atoms with Crippen molar-refractivity contribution < 1.29 is 9.46 Å². The molecule has 0 spiro atoms. The van der Waals surface area contributed by atoms with Crippen molar-refractivity contribution in [3.63, 3.8) is 0 Å². The van der Waals surface area contributed by atoms with E-state index in [-0.39, 0.29) is 0 Å². The van der Waals surface area contributed by atoms with Gasteiger partial charge in [-0.1, -0.05) is 36.5 Å². The third kappa shape index (κ3) is 4.54. The van der Waals surface area contributed by atoms with Gasteiger partial charge in [0.15, 0.2) is 21.9 Å². The number of rotatable bonds is 14. The Labute approximate surface area is 143 Å². The number of hydrogen-bond donors (Lipinski definition) is 1. The molecule has 0 saturated heterocycles. The summed E-state index contributed by atoms with van der Waals surface area (Å²) in [5.74, 6) is 0. The number of hydrogen-bond acceptors (Lipinski definition) is 1. The van der Waals surface area contributed by atoms with E-state index in [2.05, 4.69) is 39.5 Å². The molecule has 2 nitrogen and oxygen atoms in total. The van der Waals surface area contributed by atoms with Gasteiger partial charge in [-0.15, -0.1) is 39.5 Å². The summed E-state index contributed by atoms with van der Waals surface area (Å²) in [5, 5.41) is 0. The Bertz CT molecular complexity index is 416. The van der Waals surface area contributed by atoms with Gasteiger partial charge in [0, 0.05) is 0 Å². The van der Waals surface area contributed by atoms with Crippen LogP contribution in [-0.2, 0) is 4.57 Å². The molecule has 128 valence electrons. The standard InChI is InChI=1S/C18H31O2PSi2/c1-7-13-22(14-8-2,15-9-3)21(19,20)23(16-10-4,17-11-5)18-12-6/h7-12H,1-6,13-18H2,(H,19,20). The molecule has 0 aliphatic carbocycles. The van der Waals surface area contributed by atoms with Crippen LogP contribution in [0.25, 0.3) is 0 Å². The topological polar surface area (TPSA) is 37.3 Å². The molecule has 0 rings (SSSR count). The minimum atomic E-state index is -3.42. The van der Waals surface area contributed by atoms with Crippen LogP contribution in [0.2, 0.25) is 36.3 Å². The maximum Gasteiger partial charge on any atom is 0.164 e. The van der Waals surface area contributed by atoms with Crippen molar-refractivity contribution in [3.8, 4) is 0 Å². The molecule has 0 aromatic carbocycles. The van der Waals surface area contributed by atoms with Crippen molar-refractivity contribution >= 4 is 21.9 Å². The van der Waals surface area contributed by atoms with Gasteiger partial charge in [-0.05, 0) is 36.3 Å². The number of allylic oxidation sites excluding steroid dienone is 6. The van der Waals surface area contributed by atoms with E-state index in [9.17, 15) is 9.46 Å². The molecule has 0 saturated carbocycles. The lowest BCUT2D eigenvalue weighted by Crippen LogP contribution is -2.46. The van der Waals surface area contributed by atoms with Gasteiger partial charge in [0.2, 0.25) is 0 Å². The summed E-state index contributed by atoms with van der Waals surface area (Å²) in [6.45, 7) is 19.6. The van der Waals surface area contributed by atoms with Gasteiger partial charge in [0.05, 0.1) is 0 Å². The summed E-state index contributed by atoms with van der Waals surface area (Å²) in [6, 6.07) is 3.58. The normalized spacial score (nSPS) is 12.2. The zero-order valence-electron chi connectivity index (χ0n) is 14.3. The van der Waals surface area contributed by atoms with Gasteiger partial charge in [-0.2, -0.15) is 0 Å². The molecule has 5 heteroatoms. The summed E-state index contributed by atoms with van der Waals surface area (Å²) in [6.07, 6.45) is 10.7. The van der Waals surface area contributed by atoms with Crippen LogP contribution in [0.5, 0.6) is 0 Å². The summed E-state index contributed by atoms with van der Waals surface area (Å²) >= 11 is 0. The highest BCUT2D eigenvalue weighted by Gasteiger charge is 2.58. The van der Waals surface area contributed by atoms with Crippen molar-refractivity contribution in [3.05, 3.63) is 75.9 Å². The molecule has 0 aliphatic heterocycles. The average molecular weight is 367 g/mol. The first-order valence-electron chi connectivity index (χ1n) is 7.85. The Morgan fingerprint density at radius 3 is 0.913 bits per heavy atom. The Hall–Kier alpha value is -0.936. The molecule has 0 fully saturated rings. The van der Waals surface area contributed by atoms with E-state index in [0.717, 1.165) is 0 Å². The van der Waals surface area contributed by atoms with Crippen LogP contribution in [-0.4, -0.2) is 20.4 Å². The Kier molecular flexibility index (Phi) is 9.63. The Morgan fingerprint density at radius 1 is 0.609 bits per heavy atom. The van der Waals surface area contributed by atoms with Gasteiger partial charge in [0.1, 0.15) is 0 Å². The van der Waals surface area contributed by atoms with E-state index in [1.54, 1.807) is 36.5 Å². The van der Waals surface area contributed by atoms with Crippen molar-refractivity contribution in [1.29, 1.82) is 0 Å². The summed E-state index contributed by atoms with van der Waals surface area (Å²) in [7, 11) is -5.19. The lowest BCUT2D eigenvalue weighted by Gasteiger charge is -2.44. The second-order valence-corrected chi connectivity index (χ2v) is 25.2. The quantitative estimate of drug-likeness (QED) is 0.224. The van der Waals surface area contributed by atoms with Crippen LogP contribution in [0.4, 0.5) is 0 Å². The predicted molar refractivity (Wildman–Crippen MR) is 111 cm³/mol. The van der Waals surface area contributed by atoms with Crippen LogP contribution in [0.15, 0.2) is 75.9 Å². The van der Waals surface area contributed by atoms with Gasteiger partial charge < -0.3 is 9.46 Å². The van der Waals surface area contributed by atoms with Gasteiger partial charge in [-0.25, -0.2) is 0 Å². The van der Waals surface area contributed by atoms with Crippen molar-refractivity contribution in [2.45, 2.75) is 36.3 Å². The molecule has 1 N–H and O–H groups in total. The van der Waals surface area contributed by atoms with Crippen LogP contribution in [0.1, 0.15) is 0 Å². The van der Waals surface area contributed by atoms with E-state index < -0.39 is 21.9 Å². The zero-order valence-corrected chi connectivity index (χ0v) is 17.1. The van der Waals surface area contributed by atoms with Gasteiger partial charge in [-0.3, -0.25) is 0 Å². The summed E-state index contributed by atoms with van der Waals surface area (Å²) in [4.78, 5) is 11.5. The highest BCUT2D eigenvalue weighted by Crippen LogP contribution is 2.67. The molecule has 0 atom stereocenters. The fourth-order valence-electron chi connectivity index (χ4n) is 3.36. The van der Waals surface area contributed by atoms with Gasteiger partial charge >= 0.3 is 0 Å². The van der Waals surface area contributed by atoms with E-state index in [1.165, 1.54) is 0 Å². The highest BCUT2D eigenvalue weighted by molar-refractivity contribution is 8.19. The molecule has 0 unspecified atom stereocenters. The predicted octanol–water partition coefficient (Wildman–Crippen LogP) is 6.26. The molecular weight excluding hydrogens is 335 g/mol. The lowest BCUT2D eigenvalue weighted by molar-refractivity contribution is 0.505. The highest BCUT2D eigenvalue weighted by atomic mass is 31.7. The first-order chi connectivity index (χ1) is 10.9. The average Bonchev–Trinajstić information content (AvgIpc) is 2.48. The van der Waals surface area contributed by atoms with E-state index in [4.69, 9.17) is 0 Å². The molecule has 0 heterocycles. The summed E-state index contributed by atoms with van der Waals surface area (Å²) in [5.41, 5.74) is 0. The lowest BCUT2D eigenvalue weighted by atomic mass is 10.7. The first-order valence-corrected chi connectivity index (χ1v) is 16.4. The maximum atomic E-state index is 14.0. The van der Waals surface area contributed by atoms with E-state index in [0.29, 0.717) is 36.3 Å². The Balaban J connectivity index is 6.44. The van der Waals surface area contributed by atoms with E-state index in [1.807, 2.05) is 0 Å². The van der Waals surface area contributed by atoms with Crippen molar-refractivity contribution in [1.82, 2.24) is 0 Å². The second kappa shape index (κ2) is 10.0. The zero-order chi connectivity index (χ0) is 18.0. The SMILES string of the molecule is C=CC[Si](CC=C)(CC=C)P(=O)(O)[Si](CC=C)(CC=C)CC=C. The third-order valence-electron chi connectivity index (χ3n) is 4.43. The van der Waals surface area contributed by atoms with Crippen LogP contribution in [0, 0.1) is 0 Å². The molecule has 0 bridgehead atoms. The molecular formula is C18H31O2PSi2. The van der Waals surface area contributed by atoms with Crippen LogP contribution in [0.3, 0.4) is 0 Å². The smallest absolute Gasteiger partial charge is 0.164 e. The summed E-state index contributed by atoms with van der Waals surface area (Å²) < 4.78 is 14.0. The van der Waals surface area contributed by atoms with Crippen LogP contribution >= 0.6 is 6.46 Å². The van der Waals surface area contributed by atoms with Crippen molar-refractivity contribution in [2.24, 2.45) is 0 Å². The molecule has 23 heavy (non-hydrogen) atoms. The second-order valence-electron chi connectivity index (χ2n) is 5.98. The largest absolute Gasteiger partial charge is 0.351 e. The monoisotopic (exact) mass is 366 g/mol. The molecule has 0 aromatic rings. The molecule has 0 radical (unpaired) electrons. The molecule has 0 aliphatic rings.